The highest BCUT2D eigenvalue weighted by molar-refractivity contribution is 7.07. The minimum atomic E-state index is -0.506. The molecule has 0 aromatic carbocycles. The maximum absolute atomic E-state index is 9.98. The molecule has 1 unspecified atom stereocenters. The van der Waals surface area contributed by atoms with E-state index in [2.05, 4.69) is 4.98 Å². The minimum absolute atomic E-state index is 0.506. The molecule has 0 saturated heterocycles. The maximum atomic E-state index is 9.98. The van der Waals surface area contributed by atoms with Gasteiger partial charge in [0.15, 0.2) is 0 Å². The summed E-state index contributed by atoms with van der Waals surface area (Å²) in [6.07, 6.45) is 1.76. The molecule has 3 nitrogen and oxygen atoms in total. The smallest absolute Gasteiger partial charge is 0.212 e. The second kappa shape index (κ2) is 5.09. The van der Waals surface area contributed by atoms with Gasteiger partial charge >= 0.3 is 0 Å². The van der Waals surface area contributed by atoms with Crippen LogP contribution in [0.1, 0.15) is 17.2 Å². The van der Waals surface area contributed by atoms with Crippen molar-refractivity contribution in [2.45, 2.75) is 12.5 Å². The summed E-state index contributed by atoms with van der Waals surface area (Å²) in [5.74, 6) is 0.562. The van der Waals surface area contributed by atoms with Crippen LogP contribution in [-0.4, -0.2) is 17.2 Å². The molecule has 16 heavy (non-hydrogen) atoms. The zero-order valence-electron chi connectivity index (χ0n) is 8.96. The van der Waals surface area contributed by atoms with Crippen molar-refractivity contribution >= 4 is 11.3 Å². The minimum Gasteiger partial charge on any atom is -0.481 e. The van der Waals surface area contributed by atoms with Crippen molar-refractivity contribution in [1.82, 2.24) is 4.98 Å². The number of hydrogen-bond acceptors (Lipinski definition) is 4. The lowest BCUT2D eigenvalue weighted by Crippen LogP contribution is -2.01. The SMILES string of the molecule is COc1ccc(C(O)Cc2ccsc2)cn1. The van der Waals surface area contributed by atoms with Crippen molar-refractivity contribution in [2.24, 2.45) is 0 Å². The Bertz CT molecular complexity index is 425. The molecule has 4 heteroatoms. The first-order valence-electron chi connectivity index (χ1n) is 4.98. The van der Waals surface area contributed by atoms with Gasteiger partial charge in [-0.3, -0.25) is 0 Å². The van der Waals surface area contributed by atoms with Crippen LogP contribution in [0.2, 0.25) is 0 Å². The molecular weight excluding hydrogens is 222 g/mol. The average Bonchev–Trinajstić information content (AvgIpc) is 2.82. The van der Waals surface area contributed by atoms with E-state index in [4.69, 9.17) is 4.74 Å². The number of methoxy groups -OCH3 is 1. The summed E-state index contributed by atoms with van der Waals surface area (Å²) >= 11 is 1.64. The number of thiophene rings is 1. The Morgan fingerprint density at radius 1 is 1.44 bits per heavy atom. The highest BCUT2D eigenvalue weighted by Crippen LogP contribution is 2.20. The number of aliphatic hydroxyl groups excluding tert-OH is 1. The van der Waals surface area contributed by atoms with Gasteiger partial charge in [-0.15, -0.1) is 0 Å². The molecule has 0 aliphatic rings. The summed E-state index contributed by atoms with van der Waals surface area (Å²) in [6, 6.07) is 5.61. The molecule has 0 bridgehead atoms. The number of nitrogens with zero attached hydrogens (tertiary/aromatic N) is 1. The van der Waals surface area contributed by atoms with Gasteiger partial charge < -0.3 is 9.84 Å². The number of rotatable bonds is 4. The van der Waals surface area contributed by atoms with Gasteiger partial charge in [0.05, 0.1) is 13.2 Å². The zero-order valence-corrected chi connectivity index (χ0v) is 9.78. The Labute approximate surface area is 98.4 Å². The van der Waals surface area contributed by atoms with Crippen LogP contribution in [0, 0.1) is 0 Å². The third kappa shape index (κ3) is 2.59. The highest BCUT2D eigenvalue weighted by atomic mass is 32.1. The van der Waals surface area contributed by atoms with E-state index in [0.717, 1.165) is 11.1 Å². The van der Waals surface area contributed by atoms with Crippen LogP contribution >= 0.6 is 11.3 Å². The third-order valence-corrected chi connectivity index (χ3v) is 3.09. The van der Waals surface area contributed by atoms with E-state index in [-0.39, 0.29) is 0 Å². The van der Waals surface area contributed by atoms with E-state index in [0.29, 0.717) is 12.3 Å². The van der Waals surface area contributed by atoms with E-state index in [9.17, 15) is 5.11 Å². The van der Waals surface area contributed by atoms with Gasteiger partial charge in [0.25, 0.3) is 0 Å². The van der Waals surface area contributed by atoms with Crippen LogP contribution < -0.4 is 4.74 Å². The lowest BCUT2D eigenvalue weighted by atomic mass is 10.1. The molecule has 2 heterocycles. The van der Waals surface area contributed by atoms with Gasteiger partial charge in [0, 0.05) is 18.7 Å². The normalized spacial score (nSPS) is 12.4. The van der Waals surface area contributed by atoms with E-state index in [1.54, 1.807) is 30.7 Å². The van der Waals surface area contributed by atoms with Gasteiger partial charge in [0.1, 0.15) is 0 Å². The third-order valence-electron chi connectivity index (χ3n) is 2.36. The summed E-state index contributed by atoms with van der Waals surface area (Å²) in [5.41, 5.74) is 1.96. The predicted octanol–water partition coefficient (Wildman–Crippen LogP) is 2.43. The van der Waals surface area contributed by atoms with Gasteiger partial charge in [-0.25, -0.2) is 4.98 Å². The van der Waals surface area contributed by atoms with Crippen molar-refractivity contribution in [3.63, 3.8) is 0 Å². The monoisotopic (exact) mass is 235 g/mol. The number of aromatic nitrogens is 1. The maximum Gasteiger partial charge on any atom is 0.212 e. The van der Waals surface area contributed by atoms with E-state index in [1.807, 2.05) is 22.9 Å². The van der Waals surface area contributed by atoms with Crippen LogP contribution in [-0.2, 0) is 6.42 Å². The molecule has 1 atom stereocenters. The van der Waals surface area contributed by atoms with Crippen molar-refractivity contribution < 1.29 is 9.84 Å². The van der Waals surface area contributed by atoms with E-state index in [1.165, 1.54) is 0 Å². The Morgan fingerprint density at radius 3 is 2.88 bits per heavy atom. The van der Waals surface area contributed by atoms with Crippen molar-refractivity contribution in [3.8, 4) is 5.88 Å². The van der Waals surface area contributed by atoms with Gasteiger partial charge in [-0.2, -0.15) is 11.3 Å². The van der Waals surface area contributed by atoms with E-state index < -0.39 is 6.10 Å². The lowest BCUT2D eigenvalue weighted by molar-refractivity contribution is 0.178. The quantitative estimate of drug-likeness (QED) is 0.885. The molecule has 0 aliphatic carbocycles. The van der Waals surface area contributed by atoms with Crippen LogP contribution in [0.25, 0.3) is 0 Å². The van der Waals surface area contributed by atoms with Crippen molar-refractivity contribution in [2.75, 3.05) is 7.11 Å². The predicted molar refractivity (Wildman–Crippen MR) is 63.8 cm³/mol. The molecule has 0 amide bonds. The summed E-state index contributed by atoms with van der Waals surface area (Å²) in [7, 11) is 1.57. The van der Waals surface area contributed by atoms with Crippen LogP contribution in [0.3, 0.4) is 0 Å². The largest absolute Gasteiger partial charge is 0.481 e. The van der Waals surface area contributed by atoms with E-state index >= 15 is 0 Å². The second-order valence-corrected chi connectivity index (χ2v) is 4.27. The fraction of sp³-hybridized carbons (Fsp3) is 0.250. The molecule has 0 spiro atoms. The van der Waals surface area contributed by atoms with Gasteiger partial charge in [0.2, 0.25) is 5.88 Å². The molecule has 2 aromatic heterocycles. The number of ether oxygens (including phenoxy) is 1. The average molecular weight is 235 g/mol. The summed E-state index contributed by atoms with van der Waals surface area (Å²) in [4.78, 5) is 4.07. The Hall–Kier alpha value is -1.39. The second-order valence-electron chi connectivity index (χ2n) is 3.49. The zero-order chi connectivity index (χ0) is 11.4. The fourth-order valence-corrected chi connectivity index (χ4v) is 2.14. The lowest BCUT2D eigenvalue weighted by Gasteiger charge is -2.09. The van der Waals surface area contributed by atoms with Gasteiger partial charge in [-0.05, 0) is 34.0 Å². The molecule has 0 saturated carbocycles. The number of pyridine rings is 1. The van der Waals surface area contributed by atoms with Crippen LogP contribution in [0.15, 0.2) is 35.2 Å². The van der Waals surface area contributed by atoms with Crippen LogP contribution in [0.4, 0.5) is 0 Å². The highest BCUT2D eigenvalue weighted by Gasteiger charge is 2.09. The van der Waals surface area contributed by atoms with Gasteiger partial charge in [-0.1, -0.05) is 0 Å². The molecule has 2 aromatic rings. The molecule has 84 valence electrons. The Kier molecular flexibility index (Phi) is 3.54. The first-order chi connectivity index (χ1) is 7.79. The topological polar surface area (TPSA) is 42.4 Å². The molecule has 0 aliphatic heterocycles. The summed E-state index contributed by atoms with van der Waals surface area (Å²) in [5, 5.41) is 14.0. The Balaban J connectivity index is 2.05. The molecule has 0 radical (unpaired) electrons. The molecule has 0 fully saturated rings. The summed E-state index contributed by atoms with van der Waals surface area (Å²) in [6.45, 7) is 0. The molecule has 2 rings (SSSR count). The number of aliphatic hydroxyl groups is 1. The van der Waals surface area contributed by atoms with Crippen molar-refractivity contribution in [1.29, 1.82) is 0 Å². The first-order valence-corrected chi connectivity index (χ1v) is 5.93. The van der Waals surface area contributed by atoms with Crippen LogP contribution in [0.5, 0.6) is 5.88 Å². The summed E-state index contributed by atoms with van der Waals surface area (Å²) < 4.78 is 4.96. The number of hydrogen-bond donors (Lipinski definition) is 1. The molecular formula is C12H13NO2S. The Morgan fingerprint density at radius 2 is 2.31 bits per heavy atom. The molecule has 1 N–H and O–H groups in total. The first kappa shape index (κ1) is 11.1. The standard InChI is InChI=1S/C12H13NO2S/c1-15-12-3-2-10(7-13-12)11(14)6-9-4-5-16-8-9/h2-5,7-8,11,14H,6H2,1H3. The fourth-order valence-electron chi connectivity index (χ4n) is 1.46. The van der Waals surface area contributed by atoms with Crippen molar-refractivity contribution in [3.05, 3.63) is 46.3 Å².